The van der Waals surface area contributed by atoms with Gasteiger partial charge in [-0.25, -0.2) is 0 Å². The maximum absolute atomic E-state index is 12.1. The lowest BCUT2D eigenvalue weighted by Crippen LogP contribution is -2.47. The number of hydrogen-bond donors (Lipinski definition) is 3. The third-order valence-electron chi connectivity index (χ3n) is 3.30. The molecule has 1 heterocycles. The number of hydrogen-bond acceptors (Lipinski definition) is 3. The standard InChI is InChI=1S/C13H17N3O2/c1-13(7-2-8-15-13)12(18)16-10-5-3-9(4-6-10)11(14)17/h3-6,15H,2,7-8H2,1H3,(H2,14,17)(H,16,18). The average Bonchev–Trinajstić information content (AvgIpc) is 2.78. The van der Waals surface area contributed by atoms with Crippen LogP contribution in [0, 0.1) is 0 Å². The second-order valence-electron chi connectivity index (χ2n) is 4.76. The molecule has 5 nitrogen and oxygen atoms in total. The third kappa shape index (κ3) is 2.51. The molecule has 1 unspecified atom stereocenters. The van der Waals surface area contributed by atoms with E-state index in [1.165, 1.54) is 0 Å². The lowest BCUT2D eigenvalue weighted by atomic mass is 9.99. The van der Waals surface area contributed by atoms with Crippen LogP contribution in [0.1, 0.15) is 30.1 Å². The number of primary amides is 1. The minimum Gasteiger partial charge on any atom is -0.366 e. The van der Waals surface area contributed by atoms with E-state index in [-0.39, 0.29) is 5.91 Å². The van der Waals surface area contributed by atoms with Crippen LogP contribution in [0.25, 0.3) is 0 Å². The summed E-state index contributed by atoms with van der Waals surface area (Å²) in [4.78, 5) is 23.0. The smallest absolute Gasteiger partial charge is 0.248 e. The molecule has 2 rings (SSSR count). The van der Waals surface area contributed by atoms with Crippen LogP contribution >= 0.6 is 0 Å². The van der Waals surface area contributed by atoms with E-state index in [0.717, 1.165) is 19.4 Å². The van der Waals surface area contributed by atoms with Gasteiger partial charge in [0.15, 0.2) is 0 Å². The Hall–Kier alpha value is -1.88. The van der Waals surface area contributed by atoms with Crippen LogP contribution in [-0.2, 0) is 4.79 Å². The molecular weight excluding hydrogens is 230 g/mol. The van der Waals surface area contributed by atoms with Crippen LogP contribution in [-0.4, -0.2) is 23.9 Å². The first-order valence-electron chi connectivity index (χ1n) is 5.98. The van der Waals surface area contributed by atoms with Gasteiger partial charge in [-0.3, -0.25) is 9.59 Å². The zero-order valence-corrected chi connectivity index (χ0v) is 10.3. The Balaban J connectivity index is 2.05. The van der Waals surface area contributed by atoms with E-state index >= 15 is 0 Å². The first-order chi connectivity index (χ1) is 8.51. The van der Waals surface area contributed by atoms with Crippen molar-refractivity contribution in [1.29, 1.82) is 0 Å². The number of benzene rings is 1. The zero-order valence-electron chi connectivity index (χ0n) is 10.3. The number of carbonyl (C=O) groups excluding carboxylic acids is 2. The van der Waals surface area contributed by atoms with E-state index < -0.39 is 11.4 Å². The second kappa shape index (κ2) is 4.78. The summed E-state index contributed by atoms with van der Waals surface area (Å²) in [5, 5.41) is 6.03. The van der Waals surface area contributed by atoms with E-state index in [9.17, 15) is 9.59 Å². The van der Waals surface area contributed by atoms with Crippen molar-refractivity contribution in [2.45, 2.75) is 25.3 Å². The van der Waals surface area contributed by atoms with Crippen LogP contribution in [0.3, 0.4) is 0 Å². The molecule has 1 atom stereocenters. The van der Waals surface area contributed by atoms with Crippen molar-refractivity contribution >= 4 is 17.5 Å². The zero-order chi connectivity index (χ0) is 13.2. The van der Waals surface area contributed by atoms with Gasteiger partial charge >= 0.3 is 0 Å². The molecule has 0 aliphatic carbocycles. The number of rotatable bonds is 3. The molecule has 0 spiro atoms. The Morgan fingerprint density at radius 3 is 2.50 bits per heavy atom. The van der Waals surface area contributed by atoms with Gasteiger partial charge in [0.05, 0.1) is 5.54 Å². The molecule has 1 aromatic carbocycles. The van der Waals surface area contributed by atoms with Gasteiger partial charge in [-0.15, -0.1) is 0 Å². The number of amides is 2. The Morgan fingerprint density at radius 2 is 2.00 bits per heavy atom. The molecule has 0 radical (unpaired) electrons. The average molecular weight is 247 g/mol. The van der Waals surface area contributed by atoms with Crippen LogP contribution < -0.4 is 16.4 Å². The molecular formula is C13H17N3O2. The van der Waals surface area contributed by atoms with Crippen molar-refractivity contribution in [3.05, 3.63) is 29.8 Å². The van der Waals surface area contributed by atoms with Crippen LogP contribution in [0.2, 0.25) is 0 Å². The van der Waals surface area contributed by atoms with Gasteiger partial charge < -0.3 is 16.4 Å². The largest absolute Gasteiger partial charge is 0.366 e. The minimum atomic E-state index is -0.498. The molecule has 96 valence electrons. The third-order valence-corrected chi connectivity index (χ3v) is 3.30. The molecule has 0 aromatic heterocycles. The van der Waals surface area contributed by atoms with Gasteiger partial charge in [0.2, 0.25) is 11.8 Å². The van der Waals surface area contributed by atoms with Crippen LogP contribution in [0.15, 0.2) is 24.3 Å². The Bertz CT molecular complexity index is 462. The highest BCUT2D eigenvalue weighted by molar-refractivity contribution is 5.99. The summed E-state index contributed by atoms with van der Waals surface area (Å²) in [7, 11) is 0. The van der Waals surface area contributed by atoms with E-state index in [2.05, 4.69) is 10.6 Å². The van der Waals surface area contributed by atoms with Crippen molar-refractivity contribution in [2.75, 3.05) is 11.9 Å². The highest BCUT2D eigenvalue weighted by Crippen LogP contribution is 2.21. The highest BCUT2D eigenvalue weighted by atomic mass is 16.2. The number of nitrogens with two attached hydrogens (primary N) is 1. The molecule has 1 aliphatic rings. The Kier molecular flexibility index (Phi) is 3.34. The van der Waals surface area contributed by atoms with Crippen LogP contribution in [0.5, 0.6) is 0 Å². The lowest BCUT2D eigenvalue weighted by Gasteiger charge is -2.23. The molecule has 1 aliphatic heterocycles. The molecule has 4 N–H and O–H groups in total. The van der Waals surface area contributed by atoms with Crippen LogP contribution in [0.4, 0.5) is 5.69 Å². The van der Waals surface area contributed by atoms with Crippen molar-refractivity contribution in [1.82, 2.24) is 5.32 Å². The first-order valence-corrected chi connectivity index (χ1v) is 5.98. The lowest BCUT2D eigenvalue weighted by molar-refractivity contribution is -0.121. The quantitative estimate of drug-likeness (QED) is 0.741. The molecule has 2 amide bonds. The van der Waals surface area contributed by atoms with Crippen molar-refractivity contribution in [3.8, 4) is 0 Å². The molecule has 0 bridgehead atoms. The monoisotopic (exact) mass is 247 g/mol. The molecule has 0 saturated carbocycles. The summed E-state index contributed by atoms with van der Waals surface area (Å²) in [5.41, 5.74) is 5.75. The van der Waals surface area contributed by atoms with Gasteiger partial charge in [0.1, 0.15) is 0 Å². The van der Waals surface area contributed by atoms with Gasteiger partial charge in [-0.2, -0.15) is 0 Å². The number of carbonyl (C=O) groups is 2. The van der Waals surface area contributed by atoms with Crippen molar-refractivity contribution in [3.63, 3.8) is 0 Å². The molecule has 1 saturated heterocycles. The minimum absolute atomic E-state index is 0.0492. The van der Waals surface area contributed by atoms with Crippen molar-refractivity contribution in [2.24, 2.45) is 5.73 Å². The van der Waals surface area contributed by atoms with E-state index in [1.807, 2.05) is 6.92 Å². The summed E-state index contributed by atoms with van der Waals surface area (Å²) in [6, 6.07) is 6.55. The van der Waals surface area contributed by atoms with Gasteiger partial charge in [-0.1, -0.05) is 0 Å². The number of nitrogens with one attached hydrogen (secondary N) is 2. The molecule has 1 aromatic rings. The van der Waals surface area contributed by atoms with Gasteiger partial charge in [0.25, 0.3) is 0 Å². The summed E-state index contributed by atoms with van der Waals surface area (Å²) >= 11 is 0. The van der Waals surface area contributed by atoms with E-state index in [0.29, 0.717) is 11.3 Å². The predicted octanol–water partition coefficient (Wildman–Crippen LogP) is 0.866. The molecule has 18 heavy (non-hydrogen) atoms. The maximum atomic E-state index is 12.1. The normalized spacial score (nSPS) is 22.7. The van der Waals surface area contributed by atoms with E-state index in [1.54, 1.807) is 24.3 Å². The maximum Gasteiger partial charge on any atom is 0.248 e. The molecule has 1 fully saturated rings. The topological polar surface area (TPSA) is 84.2 Å². The summed E-state index contributed by atoms with van der Waals surface area (Å²) in [6.07, 6.45) is 1.84. The fourth-order valence-electron chi connectivity index (χ4n) is 2.08. The predicted molar refractivity (Wildman–Crippen MR) is 69.2 cm³/mol. The van der Waals surface area contributed by atoms with Gasteiger partial charge in [0, 0.05) is 11.3 Å². The summed E-state index contributed by atoms with van der Waals surface area (Å²) < 4.78 is 0. The highest BCUT2D eigenvalue weighted by Gasteiger charge is 2.35. The Labute approximate surface area is 106 Å². The molecule has 5 heteroatoms. The summed E-state index contributed by atoms with van der Waals surface area (Å²) in [6.45, 7) is 2.76. The van der Waals surface area contributed by atoms with Crippen molar-refractivity contribution < 1.29 is 9.59 Å². The van der Waals surface area contributed by atoms with E-state index in [4.69, 9.17) is 5.73 Å². The van der Waals surface area contributed by atoms with Gasteiger partial charge in [-0.05, 0) is 50.6 Å². The Morgan fingerprint density at radius 1 is 1.33 bits per heavy atom. The second-order valence-corrected chi connectivity index (χ2v) is 4.76. The number of anilines is 1. The fourth-order valence-corrected chi connectivity index (χ4v) is 2.08. The first kappa shape index (κ1) is 12.6. The SMILES string of the molecule is CC1(C(=O)Nc2ccc(C(N)=O)cc2)CCCN1. The fraction of sp³-hybridized carbons (Fsp3) is 0.385. The summed E-state index contributed by atoms with van der Waals surface area (Å²) in [5.74, 6) is -0.524.